The Bertz CT molecular complexity index is 534. The number of hydrogen-bond acceptors (Lipinski definition) is 2. The number of rotatable bonds is 2. The number of piperazine rings is 1. The van der Waals surface area contributed by atoms with Crippen LogP contribution in [0.1, 0.15) is 38.8 Å². The summed E-state index contributed by atoms with van der Waals surface area (Å²) in [5.74, 6) is -0.122. The molecule has 114 valence electrons. The van der Waals surface area contributed by atoms with Gasteiger partial charge in [-0.25, -0.2) is 0 Å². The molecule has 0 bridgehead atoms. The number of benzene rings is 1. The fourth-order valence-corrected chi connectivity index (χ4v) is 2.59. The molecule has 0 aliphatic carbocycles. The lowest BCUT2D eigenvalue weighted by molar-refractivity contribution is -0.144. The SMILES string of the molecule is CC(C)(C)CC(=O)N1CCNC(=O)C1c1ccc(Cl)cc1. The second-order valence-corrected chi connectivity index (χ2v) is 7.01. The molecule has 1 aliphatic heterocycles. The van der Waals surface area contributed by atoms with Gasteiger partial charge in [-0.3, -0.25) is 9.59 Å². The zero-order chi connectivity index (χ0) is 15.6. The van der Waals surface area contributed by atoms with E-state index in [1.165, 1.54) is 0 Å². The molecule has 2 amide bonds. The summed E-state index contributed by atoms with van der Waals surface area (Å²) in [6.45, 7) is 7.09. The average Bonchev–Trinajstić information content (AvgIpc) is 2.38. The molecule has 0 aromatic heterocycles. The lowest BCUT2D eigenvalue weighted by Gasteiger charge is -2.36. The summed E-state index contributed by atoms with van der Waals surface area (Å²) in [5, 5.41) is 3.44. The number of carbonyl (C=O) groups is 2. The Balaban J connectivity index is 2.27. The van der Waals surface area contributed by atoms with E-state index < -0.39 is 6.04 Å². The molecule has 1 aromatic carbocycles. The van der Waals surface area contributed by atoms with Crippen molar-refractivity contribution >= 4 is 23.4 Å². The van der Waals surface area contributed by atoms with Crippen molar-refractivity contribution in [2.24, 2.45) is 5.41 Å². The number of carbonyl (C=O) groups excluding carboxylic acids is 2. The van der Waals surface area contributed by atoms with Crippen molar-refractivity contribution in [2.45, 2.75) is 33.2 Å². The van der Waals surface area contributed by atoms with Crippen LogP contribution in [0.15, 0.2) is 24.3 Å². The minimum atomic E-state index is -0.564. The predicted molar refractivity (Wildman–Crippen MR) is 83.0 cm³/mol. The van der Waals surface area contributed by atoms with Crippen LogP contribution >= 0.6 is 11.6 Å². The van der Waals surface area contributed by atoms with Gasteiger partial charge < -0.3 is 10.2 Å². The highest BCUT2D eigenvalue weighted by Crippen LogP contribution is 2.28. The first-order valence-electron chi connectivity index (χ1n) is 7.10. The quantitative estimate of drug-likeness (QED) is 0.913. The summed E-state index contributed by atoms with van der Waals surface area (Å²) in [5.41, 5.74) is 0.689. The van der Waals surface area contributed by atoms with Gasteiger partial charge in [-0.1, -0.05) is 44.5 Å². The van der Waals surface area contributed by atoms with Crippen LogP contribution in [-0.2, 0) is 9.59 Å². The molecule has 5 heteroatoms. The maximum atomic E-state index is 12.5. The summed E-state index contributed by atoms with van der Waals surface area (Å²) >= 11 is 5.89. The summed E-state index contributed by atoms with van der Waals surface area (Å²) in [4.78, 5) is 26.4. The van der Waals surface area contributed by atoms with Crippen molar-refractivity contribution in [3.63, 3.8) is 0 Å². The minimum absolute atomic E-state index is 0.0114. The smallest absolute Gasteiger partial charge is 0.247 e. The Morgan fingerprint density at radius 3 is 2.52 bits per heavy atom. The lowest BCUT2D eigenvalue weighted by Crippen LogP contribution is -2.52. The zero-order valence-corrected chi connectivity index (χ0v) is 13.4. The number of halogens is 1. The fourth-order valence-electron chi connectivity index (χ4n) is 2.47. The highest BCUT2D eigenvalue weighted by atomic mass is 35.5. The maximum absolute atomic E-state index is 12.5. The van der Waals surface area contributed by atoms with E-state index in [9.17, 15) is 9.59 Å². The topological polar surface area (TPSA) is 49.4 Å². The summed E-state index contributed by atoms with van der Waals surface area (Å²) in [6, 6.07) is 6.52. The van der Waals surface area contributed by atoms with Crippen LogP contribution in [0.2, 0.25) is 5.02 Å². The molecule has 4 nitrogen and oxygen atoms in total. The monoisotopic (exact) mass is 308 g/mol. The van der Waals surface area contributed by atoms with Crippen LogP contribution in [0.5, 0.6) is 0 Å². The third-order valence-corrected chi connectivity index (χ3v) is 3.65. The number of nitrogens with zero attached hydrogens (tertiary/aromatic N) is 1. The predicted octanol–water partition coefficient (Wildman–Crippen LogP) is 2.78. The van der Waals surface area contributed by atoms with Gasteiger partial charge in [-0.15, -0.1) is 0 Å². The molecular formula is C16H21ClN2O2. The molecule has 1 heterocycles. The van der Waals surface area contributed by atoms with Gasteiger partial charge in [-0.2, -0.15) is 0 Å². The van der Waals surface area contributed by atoms with E-state index in [1.54, 1.807) is 29.2 Å². The third kappa shape index (κ3) is 3.97. The molecule has 1 N–H and O–H groups in total. The van der Waals surface area contributed by atoms with Gasteiger partial charge >= 0.3 is 0 Å². The molecule has 1 atom stereocenters. The Labute approximate surface area is 130 Å². The van der Waals surface area contributed by atoms with Crippen LogP contribution in [0.25, 0.3) is 0 Å². The van der Waals surface area contributed by atoms with Gasteiger partial charge in [0.1, 0.15) is 6.04 Å². The van der Waals surface area contributed by atoms with E-state index in [1.807, 2.05) is 20.8 Å². The first-order valence-corrected chi connectivity index (χ1v) is 7.48. The normalized spacial score (nSPS) is 19.3. The summed E-state index contributed by atoms with van der Waals surface area (Å²) in [7, 11) is 0. The minimum Gasteiger partial charge on any atom is -0.352 e. The van der Waals surface area contributed by atoms with Crippen molar-refractivity contribution in [3.8, 4) is 0 Å². The standard InChI is InChI=1S/C16H21ClN2O2/c1-16(2,3)10-13(20)19-9-8-18-15(21)14(19)11-4-6-12(17)7-5-11/h4-7,14H,8-10H2,1-3H3,(H,18,21). The second-order valence-electron chi connectivity index (χ2n) is 6.57. The highest BCUT2D eigenvalue weighted by Gasteiger charge is 2.35. The first-order chi connectivity index (χ1) is 9.78. The van der Waals surface area contributed by atoms with Crippen molar-refractivity contribution in [1.82, 2.24) is 10.2 Å². The van der Waals surface area contributed by atoms with Gasteiger partial charge in [0, 0.05) is 24.5 Å². The molecule has 2 rings (SSSR count). The third-order valence-electron chi connectivity index (χ3n) is 3.40. The molecule has 1 fully saturated rings. The van der Waals surface area contributed by atoms with Gasteiger partial charge in [0.25, 0.3) is 0 Å². The van der Waals surface area contributed by atoms with Gasteiger partial charge in [0.15, 0.2) is 0 Å². The van der Waals surface area contributed by atoms with Gasteiger partial charge in [0.2, 0.25) is 11.8 Å². The Morgan fingerprint density at radius 1 is 1.33 bits per heavy atom. The Morgan fingerprint density at radius 2 is 1.95 bits per heavy atom. The maximum Gasteiger partial charge on any atom is 0.247 e. The van der Waals surface area contributed by atoms with Crippen molar-refractivity contribution in [2.75, 3.05) is 13.1 Å². The van der Waals surface area contributed by atoms with Crippen molar-refractivity contribution < 1.29 is 9.59 Å². The number of amides is 2. The van der Waals surface area contributed by atoms with E-state index in [-0.39, 0.29) is 17.2 Å². The van der Waals surface area contributed by atoms with Crippen molar-refractivity contribution in [3.05, 3.63) is 34.9 Å². The van der Waals surface area contributed by atoms with Crippen LogP contribution in [-0.4, -0.2) is 29.8 Å². The Hall–Kier alpha value is -1.55. The number of nitrogens with one attached hydrogen (secondary N) is 1. The molecule has 21 heavy (non-hydrogen) atoms. The molecule has 0 radical (unpaired) electrons. The second kappa shape index (κ2) is 6.06. The molecule has 0 spiro atoms. The largest absolute Gasteiger partial charge is 0.352 e. The molecule has 1 saturated heterocycles. The van der Waals surface area contributed by atoms with Crippen LogP contribution in [0, 0.1) is 5.41 Å². The van der Waals surface area contributed by atoms with E-state index in [0.29, 0.717) is 24.5 Å². The average molecular weight is 309 g/mol. The van der Waals surface area contributed by atoms with Gasteiger partial charge in [0.05, 0.1) is 0 Å². The summed E-state index contributed by atoms with van der Waals surface area (Å²) in [6.07, 6.45) is 0.421. The lowest BCUT2D eigenvalue weighted by atomic mass is 9.90. The van der Waals surface area contributed by atoms with E-state index >= 15 is 0 Å². The first kappa shape index (κ1) is 15.8. The van der Waals surface area contributed by atoms with Crippen molar-refractivity contribution in [1.29, 1.82) is 0 Å². The van der Waals surface area contributed by atoms with Gasteiger partial charge in [-0.05, 0) is 23.1 Å². The van der Waals surface area contributed by atoms with Crippen LogP contribution in [0.3, 0.4) is 0 Å². The molecule has 1 unspecified atom stereocenters. The molecule has 1 aromatic rings. The number of hydrogen-bond donors (Lipinski definition) is 1. The zero-order valence-electron chi connectivity index (χ0n) is 12.6. The molecule has 0 saturated carbocycles. The van der Waals surface area contributed by atoms with Crippen LogP contribution < -0.4 is 5.32 Å². The fraction of sp³-hybridized carbons (Fsp3) is 0.500. The molecular weight excluding hydrogens is 288 g/mol. The Kier molecular flexibility index (Phi) is 4.57. The van der Waals surface area contributed by atoms with E-state index in [2.05, 4.69) is 5.32 Å². The molecule has 1 aliphatic rings. The van der Waals surface area contributed by atoms with Crippen LogP contribution in [0.4, 0.5) is 0 Å². The van der Waals surface area contributed by atoms with E-state index in [0.717, 1.165) is 5.56 Å². The van der Waals surface area contributed by atoms with E-state index in [4.69, 9.17) is 11.6 Å². The highest BCUT2D eigenvalue weighted by molar-refractivity contribution is 6.30. The summed E-state index contributed by atoms with van der Waals surface area (Å²) < 4.78 is 0.